The number of hydrogen-bond donors (Lipinski definition) is 0. The average Bonchev–Trinajstić information content (AvgIpc) is 2.96. The van der Waals surface area contributed by atoms with Gasteiger partial charge in [0.25, 0.3) is 0 Å². The molecule has 3 heterocycles. The van der Waals surface area contributed by atoms with Crippen LogP contribution in [0.3, 0.4) is 0 Å². The number of rotatable bonds is 3. The van der Waals surface area contributed by atoms with E-state index in [1.54, 1.807) is 0 Å². The lowest BCUT2D eigenvalue weighted by Crippen LogP contribution is -2.17. The van der Waals surface area contributed by atoms with E-state index in [1.165, 1.54) is 6.92 Å². The molecule has 0 aliphatic heterocycles. The summed E-state index contributed by atoms with van der Waals surface area (Å²) in [4.78, 5) is 9.83. The van der Waals surface area contributed by atoms with Crippen molar-refractivity contribution in [1.29, 1.82) is 0 Å². The predicted octanol–water partition coefficient (Wildman–Crippen LogP) is 2.42. The van der Waals surface area contributed by atoms with Gasteiger partial charge in [-0.25, -0.2) is 18.4 Å². The minimum atomic E-state index is -4.86. The second-order valence-electron chi connectivity index (χ2n) is 5.82. The third-order valence-corrected chi connectivity index (χ3v) is 5.70. The monoisotopic (exact) mass is 434 g/mol. The third kappa shape index (κ3) is 3.80. The summed E-state index contributed by atoms with van der Waals surface area (Å²) in [6.07, 6.45) is -8.51. The molecule has 0 aliphatic carbocycles. The Kier molecular flexibility index (Phi) is 4.88. The van der Waals surface area contributed by atoms with Crippen LogP contribution in [0, 0.1) is 0 Å². The van der Waals surface area contributed by atoms with E-state index in [0.29, 0.717) is 18.3 Å². The number of pyridine rings is 1. The molecule has 0 bridgehead atoms. The van der Waals surface area contributed by atoms with Crippen LogP contribution in [-0.2, 0) is 22.2 Å². The highest BCUT2D eigenvalue weighted by molar-refractivity contribution is 7.91. The molecular weight excluding hydrogens is 425 g/mol. The lowest BCUT2D eigenvalue weighted by Gasteiger charge is -2.12. The lowest BCUT2D eigenvalue weighted by molar-refractivity contribution is -0.141. The van der Waals surface area contributed by atoms with E-state index in [9.17, 15) is 34.8 Å². The van der Waals surface area contributed by atoms with Crippen molar-refractivity contribution in [3.8, 4) is 11.4 Å². The Bertz CT molecular complexity index is 1200. The molecule has 0 atom stereocenters. The van der Waals surface area contributed by atoms with Crippen LogP contribution in [0.1, 0.15) is 18.2 Å². The molecule has 0 saturated carbocycles. The molecule has 2 radical (unpaired) electrons. The Morgan fingerprint density at radius 2 is 1.69 bits per heavy atom. The molecule has 0 amide bonds. The van der Waals surface area contributed by atoms with Gasteiger partial charge in [0.2, 0.25) is 0 Å². The maximum absolute atomic E-state index is 13.0. The second kappa shape index (κ2) is 6.71. The van der Waals surface area contributed by atoms with Crippen molar-refractivity contribution >= 4 is 28.9 Å². The average molecular weight is 434 g/mol. The van der Waals surface area contributed by atoms with Crippen LogP contribution in [0.25, 0.3) is 17.0 Å². The number of aromatic nitrogens is 4. The molecule has 0 aliphatic rings. The van der Waals surface area contributed by atoms with Crippen molar-refractivity contribution in [3.05, 3.63) is 35.9 Å². The fraction of sp³-hybridized carbons (Fsp3) is 0.267. The number of alkyl halides is 6. The zero-order chi connectivity index (χ0) is 21.8. The number of fused-ring (bicyclic) bond motifs is 1. The van der Waals surface area contributed by atoms with Gasteiger partial charge in [-0.2, -0.15) is 26.3 Å². The van der Waals surface area contributed by atoms with Gasteiger partial charge < -0.3 is 0 Å². The van der Waals surface area contributed by atoms with Gasteiger partial charge in [0, 0.05) is 17.9 Å². The van der Waals surface area contributed by atoms with Gasteiger partial charge in [0.1, 0.15) is 36.9 Å². The molecule has 152 valence electrons. The minimum Gasteiger partial charge on any atom is -0.297 e. The van der Waals surface area contributed by atoms with Gasteiger partial charge in [-0.15, -0.1) is 0 Å². The second-order valence-corrected chi connectivity index (χ2v) is 8.06. The SMILES string of the molecule is [B]c1c(-c2ncc(C(F)(F)F)cc2S(=O)(=O)CC)nc2cc(C(F)(F)F)ncn12. The molecule has 3 aromatic heterocycles. The smallest absolute Gasteiger partial charge is 0.297 e. The van der Waals surface area contributed by atoms with Crippen molar-refractivity contribution in [3.63, 3.8) is 0 Å². The predicted molar refractivity (Wildman–Crippen MR) is 89.3 cm³/mol. The zero-order valence-electron chi connectivity index (χ0n) is 14.4. The summed E-state index contributed by atoms with van der Waals surface area (Å²) in [6.45, 7) is 1.21. The highest BCUT2D eigenvalue weighted by Crippen LogP contribution is 2.34. The molecule has 14 heteroatoms. The Morgan fingerprint density at radius 3 is 2.24 bits per heavy atom. The molecule has 0 saturated heterocycles. The van der Waals surface area contributed by atoms with Gasteiger partial charge in [0.15, 0.2) is 9.84 Å². The Hall–Kier alpha value is -2.64. The first-order valence-corrected chi connectivity index (χ1v) is 9.42. The largest absolute Gasteiger partial charge is 0.433 e. The molecule has 0 aromatic carbocycles. The van der Waals surface area contributed by atoms with Gasteiger partial charge >= 0.3 is 12.4 Å². The van der Waals surface area contributed by atoms with E-state index in [4.69, 9.17) is 7.85 Å². The van der Waals surface area contributed by atoms with Crippen molar-refractivity contribution in [2.45, 2.75) is 24.2 Å². The topological polar surface area (TPSA) is 77.2 Å². The number of sulfone groups is 1. The van der Waals surface area contributed by atoms with Gasteiger partial charge in [0.05, 0.1) is 16.2 Å². The molecule has 6 nitrogen and oxygen atoms in total. The normalized spacial score (nSPS) is 13.2. The molecule has 0 fully saturated rings. The summed E-state index contributed by atoms with van der Waals surface area (Å²) < 4.78 is 103. The van der Waals surface area contributed by atoms with E-state index in [-0.39, 0.29) is 16.9 Å². The molecular formula is C15H9BF6N4O2S. The summed E-state index contributed by atoms with van der Waals surface area (Å²) in [5.41, 5.74) is -4.14. The van der Waals surface area contributed by atoms with Crippen molar-refractivity contribution in [1.82, 2.24) is 19.4 Å². The van der Waals surface area contributed by atoms with Crippen LogP contribution < -0.4 is 5.59 Å². The van der Waals surface area contributed by atoms with Crippen molar-refractivity contribution in [2.75, 3.05) is 5.75 Å². The standard InChI is InChI=1S/C15H9BF6N4O2S/c1-2-29(27,28)8-3-7(14(17,18)19)5-23-11(8)12-13(16)26-6-24-9(15(20,21)22)4-10(26)25-12/h3-6H,2H2,1H3. The van der Waals surface area contributed by atoms with Crippen LogP contribution in [0.4, 0.5) is 26.3 Å². The number of imidazole rings is 1. The molecule has 0 N–H and O–H groups in total. The van der Waals surface area contributed by atoms with Crippen LogP contribution in [0.5, 0.6) is 0 Å². The molecule has 0 spiro atoms. The fourth-order valence-corrected chi connectivity index (χ4v) is 3.53. The number of nitrogens with zero attached hydrogens (tertiary/aromatic N) is 4. The van der Waals surface area contributed by atoms with Gasteiger partial charge in [-0.1, -0.05) is 6.92 Å². The van der Waals surface area contributed by atoms with Gasteiger partial charge in [-0.05, 0) is 6.07 Å². The van der Waals surface area contributed by atoms with Gasteiger partial charge in [-0.3, -0.25) is 9.38 Å². The summed E-state index contributed by atoms with van der Waals surface area (Å²) >= 11 is 0. The Morgan fingerprint density at radius 1 is 1.03 bits per heavy atom. The third-order valence-electron chi connectivity index (χ3n) is 3.96. The van der Waals surface area contributed by atoms with E-state index in [1.807, 2.05) is 0 Å². The van der Waals surface area contributed by atoms with Crippen molar-refractivity contribution < 1.29 is 34.8 Å². The quantitative estimate of drug-likeness (QED) is 0.468. The first-order valence-electron chi connectivity index (χ1n) is 7.77. The van der Waals surface area contributed by atoms with Crippen LogP contribution >= 0.6 is 0 Å². The Labute approximate surface area is 160 Å². The van der Waals surface area contributed by atoms with Crippen LogP contribution in [0.15, 0.2) is 29.6 Å². The summed E-state index contributed by atoms with van der Waals surface area (Å²) in [6, 6.07) is 0.960. The fourth-order valence-electron chi connectivity index (χ4n) is 2.47. The molecule has 3 aromatic rings. The minimum absolute atomic E-state index is 0.332. The first kappa shape index (κ1) is 21.1. The highest BCUT2D eigenvalue weighted by Gasteiger charge is 2.35. The Balaban J connectivity index is 2.30. The summed E-state index contributed by atoms with van der Waals surface area (Å²) in [5, 5.41) is 0. The lowest BCUT2D eigenvalue weighted by atomic mass is 10.00. The first-order chi connectivity index (χ1) is 13.3. The van der Waals surface area contributed by atoms with Crippen LogP contribution in [0.2, 0.25) is 0 Å². The maximum atomic E-state index is 13.0. The van der Waals surface area contributed by atoms with Crippen molar-refractivity contribution in [2.24, 2.45) is 0 Å². The van der Waals surface area contributed by atoms with E-state index in [0.717, 1.165) is 10.7 Å². The van der Waals surface area contributed by atoms with E-state index in [2.05, 4.69) is 15.0 Å². The highest BCUT2D eigenvalue weighted by atomic mass is 32.2. The van der Waals surface area contributed by atoms with E-state index < -0.39 is 49.8 Å². The van der Waals surface area contributed by atoms with E-state index >= 15 is 0 Å². The maximum Gasteiger partial charge on any atom is 0.433 e. The molecule has 29 heavy (non-hydrogen) atoms. The molecule has 3 rings (SSSR count). The zero-order valence-corrected chi connectivity index (χ0v) is 15.2. The number of hydrogen-bond acceptors (Lipinski definition) is 5. The summed E-state index contributed by atoms with van der Waals surface area (Å²) in [7, 11) is 1.62. The molecule has 0 unspecified atom stereocenters. The van der Waals surface area contributed by atoms with Crippen LogP contribution in [-0.4, -0.2) is 41.4 Å². The summed E-state index contributed by atoms with van der Waals surface area (Å²) in [5.74, 6) is -0.546. The number of halogens is 6.